The minimum atomic E-state index is -4.99. The molecule has 0 aliphatic carbocycles. The molecule has 3 aromatic heterocycles. The van der Waals surface area contributed by atoms with Gasteiger partial charge in [-0.25, -0.2) is 19.6 Å². The second-order valence-electron chi connectivity index (χ2n) is 6.25. The summed E-state index contributed by atoms with van der Waals surface area (Å²) in [4.78, 5) is 11.6. The summed E-state index contributed by atoms with van der Waals surface area (Å²) in [7, 11) is 0. The summed E-state index contributed by atoms with van der Waals surface area (Å²) in [5.41, 5.74) is -2.63. The summed E-state index contributed by atoms with van der Waals surface area (Å²) < 4.78 is 79.8. The Morgan fingerprint density at radius 3 is 2.16 bits per heavy atom. The molecule has 164 valence electrons. The summed E-state index contributed by atoms with van der Waals surface area (Å²) in [6.45, 7) is 0. The van der Waals surface area contributed by atoms with Crippen molar-refractivity contribution in [2.24, 2.45) is 0 Å². The van der Waals surface area contributed by atoms with Crippen LogP contribution in [0.15, 0.2) is 43.2 Å². The summed E-state index contributed by atoms with van der Waals surface area (Å²) in [5, 5.41) is 17.4. The van der Waals surface area contributed by atoms with E-state index in [0.29, 0.717) is 23.3 Å². The SMILES string of the molecule is FC(F)(F)c1cc(-c2ncn(/C=C(/c3cncnc3)c3nn[nH]n3)n2)cc(C(F)(F)F)c1. The van der Waals surface area contributed by atoms with Gasteiger partial charge in [0.1, 0.15) is 12.7 Å². The van der Waals surface area contributed by atoms with Crippen molar-refractivity contribution in [2.45, 2.75) is 12.4 Å². The molecule has 0 aliphatic rings. The molecule has 0 aliphatic heterocycles. The van der Waals surface area contributed by atoms with Crippen LogP contribution in [-0.4, -0.2) is 45.4 Å². The number of nitrogens with one attached hydrogen (secondary N) is 1. The van der Waals surface area contributed by atoms with Crippen molar-refractivity contribution in [2.75, 3.05) is 0 Å². The second-order valence-corrected chi connectivity index (χ2v) is 6.25. The monoisotopic (exact) mass is 453 g/mol. The minimum Gasteiger partial charge on any atom is -0.244 e. The highest BCUT2D eigenvalue weighted by Gasteiger charge is 2.37. The predicted octanol–water partition coefficient (Wildman–Crippen LogP) is 3.33. The van der Waals surface area contributed by atoms with Gasteiger partial charge in [0.15, 0.2) is 5.82 Å². The van der Waals surface area contributed by atoms with Gasteiger partial charge in [-0.1, -0.05) is 0 Å². The van der Waals surface area contributed by atoms with Crippen molar-refractivity contribution < 1.29 is 26.3 Å². The van der Waals surface area contributed by atoms with Gasteiger partial charge >= 0.3 is 12.4 Å². The van der Waals surface area contributed by atoms with Crippen LogP contribution in [-0.2, 0) is 12.4 Å². The topological polar surface area (TPSA) is 111 Å². The molecule has 3 heterocycles. The van der Waals surface area contributed by atoms with Crippen LogP contribution in [0.4, 0.5) is 26.3 Å². The first-order chi connectivity index (χ1) is 15.1. The van der Waals surface area contributed by atoms with Crippen molar-refractivity contribution >= 4 is 11.8 Å². The molecule has 0 saturated carbocycles. The van der Waals surface area contributed by atoms with Crippen LogP contribution < -0.4 is 0 Å². The summed E-state index contributed by atoms with van der Waals surface area (Å²) in [5.74, 6) is -0.232. The fourth-order valence-corrected chi connectivity index (χ4v) is 2.66. The smallest absolute Gasteiger partial charge is 0.244 e. The Bertz CT molecular complexity index is 1210. The van der Waals surface area contributed by atoms with E-state index in [1.54, 1.807) is 0 Å². The van der Waals surface area contributed by atoms with Crippen molar-refractivity contribution in [3.63, 3.8) is 0 Å². The molecule has 0 bridgehead atoms. The number of benzene rings is 1. The van der Waals surface area contributed by atoms with E-state index in [9.17, 15) is 26.3 Å². The van der Waals surface area contributed by atoms with Crippen LogP contribution in [0, 0.1) is 0 Å². The first-order valence-corrected chi connectivity index (χ1v) is 8.53. The van der Waals surface area contributed by atoms with Crippen LogP contribution in [0.1, 0.15) is 22.5 Å². The summed E-state index contributed by atoms with van der Waals surface area (Å²) in [6, 6.07) is 1.12. The first kappa shape index (κ1) is 21.1. The average Bonchev–Trinajstić information content (AvgIpc) is 3.43. The molecule has 0 spiro atoms. The van der Waals surface area contributed by atoms with Gasteiger partial charge < -0.3 is 0 Å². The lowest BCUT2D eigenvalue weighted by Crippen LogP contribution is -2.11. The molecule has 9 nitrogen and oxygen atoms in total. The molecule has 0 saturated heterocycles. The van der Waals surface area contributed by atoms with Gasteiger partial charge in [0.2, 0.25) is 5.82 Å². The Balaban J connectivity index is 1.78. The van der Waals surface area contributed by atoms with E-state index in [-0.39, 0.29) is 17.7 Å². The molecule has 1 N–H and O–H groups in total. The number of rotatable bonds is 4. The molecule has 0 radical (unpaired) electrons. The third kappa shape index (κ3) is 4.45. The standard InChI is InChI=1S/C17H9F6N9/c18-16(19,20)11-1-9(2-12(3-11)17(21,22)23)14-26-8-32(29-14)6-13(15-27-30-31-28-15)10-4-24-7-25-5-10/h1-8H,(H,27,28,30,31)/b13-6-. The lowest BCUT2D eigenvalue weighted by molar-refractivity contribution is -0.143. The van der Waals surface area contributed by atoms with Crippen LogP contribution in [0.2, 0.25) is 0 Å². The van der Waals surface area contributed by atoms with E-state index >= 15 is 0 Å². The maximum Gasteiger partial charge on any atom is 0.416 e. The fraction of sp³-hybridized carbons (Fsp3) is 0.118. The molecule has 1 aromatic carbocycles. The number of hydrogen-bond acceptors (Lipinski definition) is 7. The van der Waals surface area contributed by atoms with E-state index in [2.05, 4.69) is 40.7 Å². The van der Waals surface area contributed by atoms with Gasteiger partial charge in [0.05, 0.1) is 16.7 Å². The Labute approximate surface area is 173 Å². The number of aromatic amines is 1. The highest BCUT2D eigenvalue weighted by atomic mass is 19.4. The van der Waals surface area contributed by atoms with Crippen molar-refractivity contribution in [1.82, 2.24) is 45.4 Å². The molecule has 0 fully saturated rings. The van der Waals surface area contributed by atoms with Gasteiger partial charge in [-0.3, -0.25) is 0 Å². The molecule has 0 unspecified atom stereocenters. The molecular formula is C17H9F6N9. The second kappa shape index (κ2) is 7.82. The molecule has 0 amide bonds. The average molecular weight is 453 g/mol. The van der Waals surface area contributed by atoms with E-state index < -0.39 is 29.0 Å². The number of aromatic nitrogens is 9. The zero-order chi connectivity index (χ0) is 22.9. The molecule has 15 heteroatoms. The zero-order valence-corrected chi connectivity index (χ0v) is 15.5. The quantitative estimate of drug-likeness (QED) is 0.472. The number of nitrogens with zero attached hydrogens (tertiary/aromatic N) is 8. The number of tetrazole rings is 1. The van der Waals surface area contributed by atoms with Crippen LogP contribution in [0.5, 0.6) is 0 Å². The van der Waals surface area contributed by atoms with E-state index in [0.717, 1.165) is 11.0 Å². The first-order valence-electron chi connectivity index (χ1n) is 8.53. The molecular weight excluding hydrogens is 444 g/mol. The lowest BCUT2D eigenvalue weighted by Gasteiger charge is -2.13. The Morgan fingerprint density at radius 2 is 1.59 bits per heavy atom. The van der Waals surface area contributed by atoms with Crippen molar-refractivity contribution in [3.8, 4) is 11.4 Å². The third-order valence-electron chi connectivity index (χ3n) is 4.07. The maximum atomic E-state index is 13.1. The maximum absolute atomic E-state index is 13.1. The van der Waals surface area contributed by atoms with Crippen molar-refractivity contribution in [3.05, 3.63) is 65.8 Å². The summed E-state index contributed by atoms with van der Waals surface area (Å²) >= 11 is 0. The molecule has 0 atom stereocenters. The largest absolute Gasteiger partial charge is 0.416 e. The van der Waals surface area contributed by atoms with Gasteiger partial charge in [-0.2, -0.15) is 31.6 Å². The molecule has 4 rings (SSSR count). The predicted molar refractivity (Wildman–Crippen MR) is 94.9 cm³/mol. The van der Waals surface area contributed by atoms with Crippen LogP contribution in [0.3, 0.4) is 0 Å². The van der Waals surface area contributed by atoms with Gasteiger partial charge in [0.25, 0.3) is 0 Å². The fourth-order valence-electron chi connectivity index (χ4n) is 2.66. The van der Waals surface area contributed by atoms with E-state index in [1.807, 2.05) is 0 Å². The van der Waals surface area contributed by atoms with E-state index in [1.165, 1.54) is 24.9 Å². The van der Waals surface area contributed by atoms with E-state index in [4.69, 9.17) is 0 Å². The van der Waals surface area contributed by atoms with Gasteiger partial charge in [-0.15, -0.1) is 15.3 Å². The number of halogens is 6. The molecule has 32 heavy (non-hydrogen) atoms. The zero-order valence-electron chi connectivity index (χ0n) is 15.5. The highest BCUT2D eigenvalue weighted by molar-refractivity contribution is 5.83. The molecule has 4 aromatic rings. The number of alkyl halides is 6. The summed E-state index contributed by atoms with van der Waals surface area (Å²) in [6.07, 6.45) is -3.36. The van der Waals surface area contributed by atoms with Gasteiger partial charge in [0, 0.05) is 29.7 Å². The van der Waals surface area contributed by atoms with Crippen LogP contribution >= 0.6 is 0 Å². The van der Waals surface area contributed by atoms with Crippen LogP contribution in [0.25, 0.3) is 23.2 Å². The Kier molecular flexibility index (Phi) is 5.15. The van der Waals surface area contributed by atoms with Crippen molar-refractivity contribution in [1.29, 1.82) is 0 Å². The number of H-pyrrole nitrogens is 1. The van der Waals surface area contributed by atoms with Gasteiger partial charge in [-0.05, 0) is 23.4 Å². The number of hydrogen-bond donors (Lipinski definition) is 1. The lowest BCUT2D eigenvalue weighted by atomic mass is 10.0. The Morgan fingerprint density at radius 1 is 0.938 bits per heavy atom. The third-order valence-corrected chi connectivity index (χ3v) is 4.07. The normalized spacial score (nSPS) is 12.9. The Hall–Kier alpha value is -4.17. The minimum absolute atomic E-state index is 0.0319. The highest BCUT2D eigenvalue weighted by Crippen LogP contribution is 2.38.